The third-order valence-electron chi connectivity index (χ3n) is 5.03. The molecule has 4 rings (SSSR count). The fraction of sp³-hybridized carbons (Fsp3) is 0.400. The fourth-order valence-electron chi connectivity index (χ4n) is 3.46. The van der Waals surface area contributed by atoms with Crippen LogP contribution >= 0.6 is 23.2 Å². The lowest BCUT2D eigenvalue weighted by Crippen LogP contribution is -2.44. The molecule has 0 aliphatic carbocycles. The smallest absolute Gasteiger partial charge is 0.256 e. The minimum absolute atomic E-state index is 0.000457. The Morgan fingerprint density at radius 3 is 2.38 bits per heavy atom. The van der Waals surface area contributed by atoms with E-state index in [4.69, 9.17) is 47.0 Å². The number of fused-ring (bicyclic) bond motifs is 1. The highest BCUT2D eigenvalue weighted by Gasteiger charge is 2.46. The maximum atomic E-state index is 13.1. The Kier molecular flexibility index (Phi) is 5.46. The van der Waals surface area contributed by atoms with Crippen molar-refractivity contribution < 1.29 is 33.3 Å². The molecule has 29 heavy (non-hydrogen) atoms. The molecule has 1 spiro atoms. The van der Waals surface area contributed by atoms with Gasteiger partial charge in [0.1, 0.15) is 17.2 Å². The predicted octanol–water partition coefficient (Wildman–Crippen LogP) is 3.05. The van der Waals surface area contributed by atoms with E-state index in [9.17, 15) is 4.79 Å². The Balaban J connectivity index is 1.67. The van der Waals surface area contributed by atoms with Crippen LogP contribution in [0.1, 0.15) is 28.8 Å². The molecule has 0 unspecified atom stereocenters. The molecule has 2 aliphatic heterocycles. The highest BCUT2D eigenvalue weighted by Crippen LogP contribution is 2.51. The zero-order chi connectivity index (χ0) is 20.6. The third-order valence-corrected chi connectivity index (χ3v) is 5.68. The molecule has 0 atom stereocenters. The lowest BCUT2D eigenvalue weighted by Gasteiger charge is -2.31. The molecule has 1 fully saturated rings. The number of benzene rings is 1. The molecular weight excluding hydrogens is 421 g/mol. The van der Waals surface area contributed by atoms with Crippen molar-refractivity contribution in [3.05, 3.63) is 45.7 Å². The predicted molar refractivity (Wildman–Crippen MR) is 104 cm³/mol. The van der Waals surface area contributed by atoms with Crippen LogP contribution in [0.15, 0.2) is 24.5 Å². The van der Waals surface area contributed by atoms with Crippen molar-refractivity contribution in [3.8, 4) is 17.2 Å². The summed E-state index contributed by atoms with van der Waals surface area (Å²) in [7, 11) is 3.03. The zero-order valence-electron chi connectivity index (χ0n) is 16.0. The Hall–Kier alpha value is -2.22. The van der Waals surface area contributed by atoms with Crippen molar-refractivity contribution in [2.24, 2.45) is 0 Å². The number of hydrogen-bond donors (Lipinski definition) is 0. The third kappa shape index (κ3) is 3.70. The summed E-state index contributed by atoms with van der Waals surface area (Å²) in [6.07, 6.45) is 4.22. The Labute approximate surface area is 177 Å². The van der Waals surface area contributed by atoms with Crippen LogP contribution in [0.3, 0.4) is 0 Å². The van der Waals surface area contributed by atoms with E-state index in [2.05, 4.69) is 0 Å². The standard InChI is InChI=1S/C20H20Cl2NO6/c1-25-17-4-3-12(18-19(17)29-20(28-18)5-7-27-8-6-20)16(24)9-13-14(21)10-23(26-2)11-15(13)22/h3-4,10-11H,5-9H2,1-2H3/q+1. The summed E-state index contributed by atoms with van der Waals surface area (Å²) in [4.78, 5) is 18.2. The van der Waals surface area contributed by atoms with E-state index in [0.717, 1.165) is 0 Å². The second-order valence-corrected chi connectivity index (χ2v) is 7.59. The highest BCUT2D eigenvalue weighted by molar-refractivity contribution is 6.36. The number of ether oxygens (including phenoxy) is 4. The number of aromatic nitrogens is 1. The molecule has 9 heteroatoms. The van der Waals surface area contributed by atoms with Crippen LogP contribution < -0.4 is 23.8 Å². The van der Waals surface area contributed by atoms with Crippen LogP contribution in [0.25, 0.3) is 0 Å². The van der Waals surface area contributed by atoms with E-state index in [1.807, 2.05) is 0 Å². The number of Topliss-reactive ketones (excluding diaryl/α,β-unsaturated/α-hetero) is 1. The largest absolute Gasteiger partial charge is 0.493 e. The summed E-state index contributed by atoms with van der Waals surface area (Å²) in [5, 5.41) is 0.659. The van der Waals surface area contributed by atoms with Crippen LogP contribution in [0.4, 0.5) is 0 Å². The number of rotatable bonds is 5. The van der Waals surface area contributed by atoms with Crippen LogP contribution in [-0.2, 0) is 11.2 Å². The monoisotopic (exact) mass is 440 g/mol. The van der Waals surface area contributed by atoms with Gasteiger partial charge in [-0.3, -0.25) is 9.63 Å². The number of nitrogens with zero attached hydrogens (tertiary/aromatic N) is 1. The summed E-state index contributed by atoms with van der Waals surface area (Å²) < 4.78 is 24.5. The maximum Gasteiger partial charge on any atom is 0.256 e. The summed E-state index contributed by atoms with van der Waals surface area (Å²) in [6, 6.07) is 3.36. The van der Waals surface area contributed by atoms with Crippen LogP contribution in [0.2, 0.25) is 10.0 Å². The van der Waals surface area contributed by atoms with Crippen molar-refractivity contribution in [2.75, 3.05) is 27.4 Å². The van der Waals surface area contributed by atoms with Crippen molar-refractivity contribution in [1.29, 1.82) is 0 Å². The van der Waals surface area contributed by atoms with Gasteiger partial charge < -0.3 is 18.9 Å². The van der Waals surface area contributed by atoms with Gasteiger partial charge in [-0.25, -0.2) is 0 Å². The quantitative estimate of drug-likeness (QED) is 0.525. The van der Waals surface area contributed by atoms with Gasteiger partial charge in [-0.2, -0.15) is 0 Å². The minimum Gasteiger partial charge on any atom is -0.493 e. The molecule has 1 saturated heterocycles. The first-order chi connectivity index (χ1) is 14.0. The van der Waals surface area contributed by atoms with Gasteiger partial charge in [0.2, 0.25) is 18.1 Å². The van der Waals surface area contributed by atoms with Gasteiger partial charge in [-0.05, 0) is 12.1 Å². The van der Waals surface area contributed by atoms with E-state index in [1.165, 1.54) is 11.8 Å². The average Bonchev–Trinajstić information content (AvgIpc) is 3.08. The van der Waals surface area contributed by atoms with E-state index in [0.29, 0.717) is 64.5 Å². The highest BCUT2D eigenvalue weighted by atomic mass is 35.5. The molecule has 1 aromatic heterocycles. The summed E-state index contributed by atoms with van der Waals surface area (Å²) >= 11 is 12.6. The lowest BCUT2D eigenvalue weighted by molar-refractivity contribution is -0.885. The van der Waals surface area contributed by atoms with Gasteiger partial charge in [0.25, 0.3) is 5.79 Å². The number of carbonyl (C=O) groups excluding carboxylic acids is 1. The first-order valence-corrected chi connectivity index (χ1v) is 9.85. The van der Waals surface area contributed by atoms with Gasteiger partial charge in [0, 0.05) is 29.6 Å². The SMILES string of the molecule is COc1ccc(C(=O)Cc2c(Cl)c[n+](OC)cc2Cl)c2c1OC1(CCOCC1)O2. The van der Waals surface area contributed by atoms with Crippen molar-refractivity contribution >= 4 is 29.0 Å². The first-order valence-electron chi connectivity index (χ1n) is 9.10. The lowest BCUT2D eigenvalue weighted by atomic mass is 10.0. The molecule has 0 amide bonds. The van der Waals surface area contributed by atoms with E-state index < -0.39 is 5.79 Å². The fourth-order valence-corrected chi connectivity index (χ4v) is 4.04. The molecule has 0 radical (unpaired) electrons. The molecule has 2 aromatic rings. The summed E-state index contributed by atoms with van der Waals surface area (Å²) in [6.45, 7) is 1.04. The second kappa shape index (κ2) is 7.89. The van der Waals surface area contributed by atoms with E-state index in [1.54, 1.807) is 31.6 Å². The minimum atomic E-state index is -0.837. The van der Waals surface area contributed by atoms with E-state index in [-0.39, 0.29) is 12.2 Å². The van der Waals surface area contributed by atoms with Crippen LogP contribution in [-0.4, -0.2) is 39.0 Å². The number of carbonyl (C=O) groups is 1. The van der Waals surface area contributed by atoms with Crippen LogP contribution in [0, 0.1) is 0 Å². The van der Waals surface area contributed by atoms with Gasteiger partial charge in [0.05, 0.1) is 25.9 Å². The van der Waals surface area contributed by atoms with Crippen molar-refractivity contribution in [3.63, 3.8) is 0 Å². The average molecular weight is 441 g/mol. The summed E-state index contributed by atoms with van der Waals surface area (Å²) in [5.41, 5.74) is 0.899. The van der Waals surface area contributed by atoms with Gasteiger partial charge in [-0.15, -0.1) is 0 Å². The van der Waals surface area contributed by atoms with Crippen molar-refractivity contribution in [2.45, 2.75) is 25.0 Å². The molecule has 3 heterocycles. The molecule has 154 valence electrons. The van der Waals surface area contributed by atoms with Gasteiger partial charge in [0.15, 0.2) is 17.3 Å². The summed E-state index contributed by atoms with van der Waals surface area (Å²) in [5.74, 6) is 0.289. The Morgan fingerprint density at radius 1 is 1.10 bits per heavy atom. The number of hydrogen-bond acceptors (Lipinski definition) is 6. The van der Waals surface area contributed by atoms with Crippen LogP contribution in [0.5, 0.6) is 17.2 Å². The van der Waals surface area contributed by atoms with Gasteiger partial charge >= 0.3 is 0 Å². The molecule has 0 N–H and O–H groups in total. The maximum absolute atomic E-state index is 13.1. The topological polar surface area (TPSA) is 67.1 Å². The molecule has 0 saturated carbocycles. The molecular formula is C20H20Cl2NO6+. The molecule has 1 aromatic carbocycles. The number of ketones is 1. The van der Waals surface area contributed by atoms with E-state index >= 15 is 0 Å². The number of methoxy groups -OCH3 is 1. The molecule has 2 aliphatic rings. The van der Waals surface area contributed by atoms with Gasteiger partial charge in [-0.1, -0.05) is 23.2 Å². The number of halogens is 2. The molecule has 0 bridgehead atoms. The Bertz CT molecular complexity index is 935. The number of pyridine rings is 1. The Morgan fingerprint density at radius 2 is 1.76 bits per heavy atom. The zero-order valence-corrected chi connectivity index (χ0v) is 17.5. The van der Waals surface area contributed by atoms with Crippen molar-refractivity contribution in [1.82, 2.24) is 0 Å². The molecule has 7 nitrogen and oxygen atoms in total. The second-order valence-electron chi connectivity index (χ2n) is 6.78. The normalized spacial score (nSPS) is 16.7. The first kappa shape index (κ1) is 20.1.